The second-order valence-electron chi connectivity index (χ2n) is 3.42. The molecule has 0 spiro atoms. The van der Waals surface area contributed by atoms with Gasteiger partial charge in [0.1, 0.15) is 11.5 Å². The van der Waals surface area contributed by atoms with E-state index in [0.29, 0.717) is 13.0 Å². The Bertz CT molecular complexity index is 236. The van der Waals surface area contributed by atoms with Crippen molar-refractivity contribution in [2.75, 3.05) is 6.61 Å². The zero-order valence-corrected chi connectivity index (χ0v) is 8.12. The molecule has 0 heterocycles. The van der Waals surface area contributed by atoms with Crippen molar-refractivity contribution in [3.8, 4) is 0 Å². The highest BCUT2D eigenvalue weighted by Gasteiger charge is 2.59. The maximum atomic E-state index is 11.2. The molecule has 1 fully saturated rings. The fraction of sp³-hybridized carbons (Fsp3) is 0.778. The second kappa shape index (κ2) is 3.36. The molecule has 0 aliphatic heterocycles. The van der Waals surface area contributed by atoms with E-state index in [2.05, 4.69) is 0 Å². The average molecular weight is 186 g/mol. The standard InChI is InChI=1S/C9H14O4/c1-4-12-8(11)7-5-9(7,3)13-6(2)10/h7H,4-5H2,1-3H3/t7-,9+/m1/s1. The Morgan fingerprint density at radius 2 is 2.15 bits per heavy atom. The molecular weight excluding hydrogens is 172 g/mol. The van der Waals surface area contributed by atoms with Crippen LogP contribution in [0.15, 0.2) is 0 Å². The van der Waals surface area contributed by atoms with Crippen LogP contribution in [0, 0.1) is 5.92 Å². The molecule has 74 valence electrons. The molecular formula is C9H14O4. The van der Waals surface area contributed by atoms with Gasteiger partial charge in [-0.15, -0.1) is 0 Å². The topological polar surface area (TPSA) is 52.6 Å². The van der Waals surface area contributed by atoms with Gasteiger partial charge in [-0.2, -0.15) is 0 Å². The predicted molar refractivity (Wildman–Crippen MR) is 44.9 cm³/mol. The van der Waals surface area contributed by atoms with Crippen molar-refractivity contribution in [1.82, 2.24) is 0 Å². The summed E-state index contributed by atoms with van der Waals surface area (Å²) in [7, 11) is 0. The van der Waals surface area contributed by atoms with Gasteiger partial charge in [-0.25, -0.2) is 0 Å². The Labute approximate surface area is 77.2 Å². The van der Waals surface area contributed by atoms with E-state index in [4.69, 9.17) is 9.47 Å². The summed E-state index contributed by atoms with van der Waals surface area (Å²) in [6.45, 7) is 5.21. The van der Waals surface area contributed by atoms with E-state index in [-0.39, 0.29) is 17.9 Å². The molecule has 0 unspecified atom stereocenters. The third-order valence-corrected chi connectivity index (χ3v) is 2.13. The van der Waals surface area contributed by atoms with Crippen molar-refractivity contribution in [3.05, 3.63) is 0 Å². The van der Waals surface area contributed by atoms with E-state index in [1.54, 1.807) is 13.8 Å². The molecule has 0 aromatic rings. The lowest BCUT2D eigenvalue weighted by atomic mass is 10.3. The Morgan fingerprint density at radius 3 is 2.62 bits per heavy atom. The van der Waals surface area contributed by atoms with E-state index >= 15 is 0 Å². The second-order valence-corrected chi connectivity index (χ2v) is 3.42. The molecule has 4 nitrogen and oxygen atoms in total. The van der Waals surface area contributed by atoms with E-state index in [9.17, 15) is 9.59 Å². The normalized spacial score (nSPS) is 30.8. The molecule has 13 heavy (non-hydrogen) atoms. The van der Waals surface area contributed by atoms with Gasteiger partial charge in [-0.1, -0.05) is 0 Å². The predicted octanol–water partition coefficient (Wildman–Crippen LogP) is 0.891. The highest BCUT2D eigenvalue weighted by atomic mass is 16.6. The van der Waals surface area contributed by atoms with Crippen LogP contribution in [0.5, 0.6) is 0 Å². The van der Waals surface area contributed by atoms with Gasteiger partial charge >= 0.3 is 11.9 Å². The molecule has 1 aliphatic carbocycles. The summed E-state index contributed by atoms with van der Waals surface area (Å²) in [5.74, 6) is -0.892. The SMILES string of the molecule is CCOC(=O)[C@H]1C[C@]1(C)OC(C)=O. The highest BCUT2D eigenvalue weighted by molar-refractivity contribution is 5.79. The summed E-state index contributed by atoms with van der Waals surface area (Å²) in [6.07, 6.45) is 0.575. The number of esters is 2. The summed E-state index contributed by atoms with van der Waals surface area (Å²) in [4.78, 5) is 21.8. The minimum absolute atomic E-state index is 0.267. The van der Waals surface area contributed by atoms with Gasteiger partial charge in [-0.3, -0.25) is 9.59 Å². The van der Waals surface area contributed by atoms with Gasteiger partial charge in [0.05, 0.1) is 6.61 Å². The summed E-state index contributed by atoms with van der Waals surface area (Å²) < 4.78 is 9.80. The number of hydrogen-bond donors (Lipinski definition) is 0. The summed E-state index contributed by atoms with van der Waals surface area (Å²) in [5.41, 5.74) is -0.613. The molecule has 0 aromatic heterocycles. The third-order valence-electron chi connectivity index (χ3n) is 2.13. The zero-order chi connectivity index (χ0) is 10.1. The minimum Gasteiger partial charge on any atom is -0.466 e. The number of carbonyl (C=O) groups excluding carboxylic acids is 2. The molecule has 0 N–H and O–H groups in total. The van der Waals surface area contributed by atoms with Crippen LogP contribution in [0.25, 0.3) is 0 Å². The average Bonchev–Trinajstić information content (AvgIpc) is 2.60. The lowest BCUT2D eigenvalue weighted by molar-refractivity contribution is -0.153. The van der Waals surface area contributed by atoms with E-state index in [1.807, 2.05) is 0 Å². The van der Waals surface area contributed by atoms with Crippen LogP contribution >= 0.6 is 0 Å². The summed E-state index contributed by atoms with van der Waals surface area (Å²) >= 11 is 0. The van der Waals surface area contributed by atoms with Crippen LogP contribution in [0.4, 0.5) is 0 Å². The maximum absolute atomic E-state index is 11.2. The number of rotatable bonds is 3. The molecule has 4 heteroatoms. The van der Waals surface area contributed by atoms with Crippen LogP contribution in [0.1, 0.15) is 27.2 Å². The highest BCUT2D eigenvalue weighted by Crippen LogP contribution is 2.47. The largest absolute Gasteiger partial charge is 0.466 e. The van der Waals surface area contributed by atoms with Crippen molar-refractivity contribution in [2.24, 2.45) is 5.92 Å². The Balaban J connectivity index is 2.43. The number of carbonyl (C=O) groups is 2. The monoisotopic (exact) mass is 186 g/mol. The molecule has 0 aromatic carbocycles. The van der Waals surface area contributed by atoms with Gasteiger partial charge < -0.3 is 9.47 Å². The van der Waals surface area contributed by atoms with Crippen LogP contribution in [-0.2, 0) is 19.1 Å². The van der Waals surface area contributed by atoms with Crippen molar-refractivity contribution >= 4 is 11.9 Å². The maximum Gasteiger partial charge on any atom is 0.313 e. The summed E-state index contributed by atoms with van der Waals surface area (Å²) in [5, 5.41) is 0. The molecule has 1 aliphatic rings. The number of ether oxygens (including phenoxy) is 2. The zero-order valence-electron chi connectivity index (χ0n) is 8.12. The molecule has 1 rings (SSSR count). The Morgan fingerprint density at radius 1 is 1.54 bits per heavy atom. The Hall–Kier alpha value is -1.06. The van der Waals surface area contributed by atoms with Crippen molar-refractivity contribution in [2.45, 2.75) is 32.8 Å². The molecule has 0 bridgehead atoms. The van der Waals surface area contributed by atoms with Gasteiger partial charge in [0.15, 0.2) is 0 Å². The van der Waals surface area contributed by atoms with E-state index in [0.717, 1.165) is 0 Å². The quantitative estimate of drug-likeness (QED) is 0.614. The van der Waals surface area contributed by atoms with Gasteiger partial charge in [0.2, 0.25) is 0 Å². The van der Waals surface area contributed by atoms with Crippen molar-refractivity contribution in [3.63, 3.8) is 0 Å². The molecule has 0 radical (unpaired) electrons. The first-order chi connectivity index (χ1) is 5.99. The lowest BCUT2D eigenvalue weighted by Crippen LogP contribution is -2.21. The van der Waals surface area contributed by atoms with Gasteiger partial charge in [0.25, 0.3) is 0 Å². The van der Waals surface area contributed by atoms with Gasteiger partial charge in [0, 0.05) is 13.3 Å². The van der Waals surface area contributed by atoms with Crippen LogP contribution in [0.3, 0.4) is 0 Å². The fourth-order valence-electron chi connectivity index (χ4n) is 1.36. The summed E-state index contributed by atoms with van der Waals surface area (Å²) in [6, 6.07) is 0. The van der Waals surface area contributed by atoms with Gasteiger partial charge in [-0.05, 0) is 13.8 Å². The van der Waals surface area contributed by atoms with Crippen molar-refractivity contribution < 1.29 is 19.1 Å². The first-order valence-electron chi connectivity index (χ1n) is 4.36. The van der Waals surface area contributed by atoms with E-state index < -0.39 is 5.60 Å². The van der Waals surface area contributed by atoms with Crippen molar-refractivity contribution in [1.29, 1.82) is 0 Å². The van der Waals surface area contributed by atoms with Crippen LogP contribution in [0.2, 0.25) is 0 Å². The number of hydrogen-bond acceptors (Lipinski definition) is 4. The smallest absolute Gasteiger partial charge is 0.313 e. The minimum atomic E-state index is -0.613. The molecule has 1 saturated carbocycles. The van der Waals surface area contributed by atoms with Crippen LogP contribution < -0.4 is 0 Å². The Kier molecular flexibility index (Phi) is 2.59. The fourth-order valence-corrected chi connectivity index (χ4v) is 1.36. The van der Waals surface area contributed by atoms with Crippen LogP contribution in [-0.4, -0.2) is 24.1 Å². The molecule has 0 amide bonds. The third kappa shape index (κ3) is 2.20. The lowest BCUT2D eigenvalue weighted by Gasteiger charge is -2.10. The first-order valence-corrected chi connectivity index (χ1v) is 4.36. The molecule has 2 atom stereocenters. The first kappa shape index (κ1) is 10.0. The van der Waals surface area contributed by atoms with E-state index in [1.165, 1.54) is 6.92 Å². The molecule has 0 saturated heterocycles.